The van der Waals surface area contributed by atoms with Crippen LogP contribution in [0.25, 0.3) is 0 Å². The van der Waals surface area contributed by atoms with E-state index in [4.69, 9.17) is 5.26 Å². The topological polar surface area (TPSA) is 74.8 Å². The van der Waals surface area contributed by atoms with Gasteiger partial charge in [-0.15, -0.1) is 0 Å². The molecule has 1 saturated heterocycles. The van der Waals surface area contributed by atoms with Gasteiger partial charge in [0, 0.05) is 13.1 Å². The zero-order valence-electron chi connectivity index (χ0n) is 14.0. The molecule has 2 aromatic rings. The summed E-state index contributed by atoms with van der Waals surface area (Å²) in [5, 5.41) is 13.3. The molecule has 1 aliphatic rings. The molecule has 0 unspecified atom stereocenters. The van der Waals surface area contributed by atoms with Crippen molar-refractivity contribution >= 4 is 5.91 Å². The molecule has 0 radical (unpaired) electrons. The third-order valence-corrected chi connectivity index (χ3v) is 4.74. The second-order valence-electron chi connectivity index (χ2n) is 6.74. The number of amides is 1. The summed E-state index contributed by atoms with van der Waals surface area (Å²) in [5.74, 6) is 0.0856. The predicted octanol–water partition coefficient (Wildman–Crippen LogP) is 2.29. The van der Waals surface area contributed by atoms with Crippen LogP contribution in [0.3, 0.4) is 0 Å². The van der Waals surface area contributed by atoms with Crippen molar-refractivity contribution in [3.63, 3.8) is 0 Å². The first kappa shape index (κ1) is 16.2. The van der Waals surface area contributed by atoms with E-state index in [0.29, 0.717) is 12.1 Å². The van der Waals surface area contributed by atoms with Crippen molar-refractivity contribution in [2.24, 2.45) is 0 Å². The molecule has 0 spiro atoms. The van der Waals surface area contributed by atoms with Crippen LogP contribution in [0.1, 0.15) is 43.9 Å². The molecule has 24 heavy (non-hydrogen) atoms. The molecule has 1 aromatic carbocycles. The van der Waals surface area contributed by atoms with Gasteiger partial charge < -0.3 is 4.90 Å². The van der Waals surface area contributed by atoms with Crippen LogP contribution in [0.15, 0.2) is 36.9 Å². The zero-order chi connectivity index (χ0) is 17.2. The Kier molecular flexibility index (Phi) is 4.34. The normalized spacial score (nSPS) is 18.2. The fourth-order valence-corrected chi connectivity index (χ4v) is 3.26. The van der Waals surface area contributed by atoms with Crippen molar-refractivity contribution in [2.75, 3.05) is 13.1 Å². The molecule has 3 rings (SSSR count). The lowest BCUT2D eigenvalue weighted by Crippen LogP contribution is -2.48. The highest BCUT2D eigenvalue weighted by atomic mass is 16.2. The van der Waals surface area contributed by atoms with Gasteiger partial charge in [-0.2, -0.15) is 10.4 Å². The average Bonchev–Trinajstić information content (AvgIpc) is 3.16. The number of piperidine rings is 1. The SMILES string of the molecule is CC(C)(C(=O)N1CCC[C@H](n2cncn2)C1)c1cccc(C#N)c1. The van der Waals surface area contributed by atoms with Crippen LogP contribution in [0.2, 0.25) is 0 Å². The monoisotopic (exact) mass is 323 g/mol. The van der Waals surface area contributed by atoms with Crippen LogP contribution >= 0.6 is 0 Å². The van der Waals surface area contributed by atoms with Crippen LogP contribution in [0, 0.1) is 11.3 Å². The Labute approximate surface area is 141 Å². The van der Waals surface area contributed by atoms with Gasteiger partial charge in [0.25, 0.3) is 0 Å². The van der Waals surface area contributed by atoms with Crippen molar-refractivity contribution in [2.45, 2.75) is 38.1 Å². The second kappa shape index (κ2) is 6.44. The van der Waals surface area contributed by atoms with Crippen LogP contribution in [0.5, 0.6) is 0 Å². The van der Waals surface area contributed by atoms with E-state index in [1.54, 1.807) is 18.5 Å². The first-order chi connectivity index (χ1) is 11.5. The third kappa shape index (κ3) is 3.02. The van der Waals surface area contributed by atoms with Crippen LogP contribution in [-0.2, 0) is 10.2 Å². The minimum Gasteiger partial charge on any atom is -0.340 e. The zero-order valence-corrected chi connectivity index (χ0v) is 14.0. The summed E-state index contributed by atoms with van der Waals surface area (Å²) in [4.78, 5) is 19.0. The number of nitriles is 1. The highest BCUT2D eigenvalue weighted by Gasteiger charge is 2.36. The van der Waals surface area contributed by atoms with Gasteiger partial charge in [0.1, 0.15) is 12.7 Å². The molecule has 124 valence electrons. The molecule has 0 saturated carbocycles. The van der Waals surface area contributed by atoms with Gasteiger partial charge in [0.05, 0.1) is 23.1 Å². The molecule has 0 N–H and O–H groups in total. The van der Waals surface area contributed by atoms with Crippen molar-refractivity contribution in [3.05, 3.63) is 48.0 Å². The van der Waals surface area contributed by atoms with E-state index in [-0.39, 0.29) is 11.9 Å². The third-order valence-electron chi connectivity index (χ3n) is 4.74. The number of rotatable bonds is 3. The summed E-state index contributed by atoms with van der Waals surface area (Å²) in [5.41, 5.74) is 0.777. The maximum Gasteiger partial charge on any atom is 0.232 e. The molecule has 0 bridgehead atoms. The van der Waals surface area contributed by atoms with E-state index in [0.717, 1.165) is 24.9 Å². The quantitative estimate of drug-likeness (QED) is 0.868. The van der Waals surface area contributed by atoms with E-state index >= 15 is 0 Å². The number of carbonyl (C=O) groups excluding carboxylic acids is 1. The molecular weight excluding hydrogens is 302 g/mol. The van der Waals surface area contributed by atoms with Crippen LogP contribution in [-0.4, -0.2) is 38.7 Å². The van der Waals surface area contributed by atoms with Gasteiger partial charge in [-0.3, -0.25) is 4.79 Å². The molecule has 0 aliphatic carbocycles. The lowest BCUT2D eigenvalue weighted by Gasteiger charge is -2.37. The Hall–Kier alpha value is -2.68. The molecule has 1 aliphatic heterocycles. The number of likely N-dealkylation sites (tertiary alicyclic amines) is 1. The number of hydrogen-bond acceptors (Lipinski definition) is 4. The minimum absolute atomic E-state index is 0.0856. The first-order valence-electron chi connectivity index (χ1n) is 8.16. The smallest absolute Gasteiger partial charge is 0.232 e. The summed E-state index contributed by atoms with van der Waals surface area (Å²) in [6, 6.07) is 9.62. The maximum atomic E-state index is 13.1. The molecule has 1 amide bonds. The lowest BCUT2D eigenvalue weighted by atomic mass is 9.82. The Morgan fingerprint density at radius 1 is 1.42 bits per heavy atom. The van der Waals surface area contributed by atoms with Gasteiger partial charge in [-0.05, 0) is 44.4 Å². The summed E-state index contributed by atoms with van der Waals surface area (Å²) >= 11 is 0. The Morgan fingerprint density at radius 2 is 2.25 bits per heavy atom. The standard InChI is InChI=1S/C18H21N5O/c1-18(2,15-6-3-5-14(9-15)10-19)17(24)22-8-4-7-16(11-22)23-13-20-12-21-23/h3,5-6,9,12-13,16H,4,7-8,11H2,1-2H3/t16-/m0/s1. The Morgan fingerprint density at radius 3 is 2.96 bits per heavy atom. The molecule has 1 aromatic heterocycles. The lowest BCUT2D eigenvalue weighted by molar-refractivity contribution is -0.138. The number of hydrogen-bond donors (Lipinski definition) is 0. The van der Waals surface area contributed by atoms with E-state index in [2.05, 4.69) is 16.2 Å². The number of aromatic nitrogens is 3. The van der Waals surface area contributed by atoms with Crippen molar-refractivity contribution in [1.29, 1.82) is 5.26 Å². The summed E-state index contributed by atoms with van der Waals surface area (Å²) in [6.07, 6.45) is 5.18. The molecule has 1 fully saturated rings. The predicted molar refractivity (Wildman–Crippen MR) is 89.1 cm³/mol. The van der Waals surface area contributed by atoms with Crippen molar-refractivity contribution in [3.8, 4) is 6.07 Å². The van der Waals surface area contributed by atoms with Gasteiger partial charge in [-0.25, -0.2) is 9.67 Å². The van der Waals surface area contributed by atoms with Crippen LogP contribution < -0.4 is 0 Å². The number of benzene rings is 1. The van der Waals surface area contributed by atoms with Gasteiger partial charge in [-0.1, -0.05) is 12.1 Å². The van der Waals surface area contributed by atoms with E-state index in [9.17, 15) is 4.79 Å². The van der Waals surface area contributed by atoms with Crippen molar-refractivity contribution < 1.29 is 4.79 Å². The molecule has 1 atom stereocenters. The van der Waals surface area contributed by atoms with Crippen molar-refractivity contribution in [1.82, 2.24) is 19.7 Å². The second-order valence-corrected chi connectivity index (χ2v) is 6.74. The van der Waals surface area contributed by atoms with E-state index in [1.807, 2.05) is 35.6 Å². The Balaban J connectivity index is 1.80. The van der Waals surface area contributed by atoms with E-state index in [1.165, 1.54) is 6.33 Å². The van der Waals surface area contributed by atoms with Gasteiger partial charge in [0.15, 0.2) is 0 Å². The number of nitrogens with zero attached hydrogens (tertiary/aromatic N) is 5. The molecule has 2 heterocycles. The average molecular weight is 323 g/mol. The summed E-state index contributed by atoms with van der Waals surface area (Å²) in [6.45, 7) is 5.24. The summed E-state index contributed by atoms with van der Waals surface area (Å²) < 4.78 is 1.84. The largest absolute Gasteiger partial charge is 0.340 e. The first-order valence-corrected chi connectivity index (χ1v) is 8.16. The number of carbonyl (C=O) groups is 1. The van der Waals surface area contributed by atoms with E-state index < -0.39 is 5.41 Å². The van der Waals surface area contributed by atoms with Gasteiger partial charge >= 0.3 is 0 Å². The van der Waals surface area contributed by atoms with Crippen LogP contribution in [0.4, 0.5) is 0 Å². The minimum atomic E-state index is -0.670. The summed E-state index contributed by atoms with van der Waals surface area (Å²) in [7, 11) is 0. The molecule has 6 heteroatoms. The van der Waals surface area contributed by atoms with Gasteiger partial charge in [0.2, 0.25) is 5.91 Å². The maximum absolute atomic E-state index is 13.1. The highest BCUT2D eigenvalue weighted by Crippen LogP contribution is 2.29. The molecule has 6 nitrogen and oxygen atoms in total. The fourth-order valence-electron chi connectivity index (χ4n) is 3.26. The fraction of sp³-hybridized carbons (Fsp3) is 0.444. The highest BCUT2D eigenvalue weighted by molar-refractivity contribution is 5.87. The Bertz CT molecular complexity index is 760. The molecular formula is C18H21N5O.